The van der Waals surface area contributed by atoms with Crippen LogP contribution in [0.5, 0.6) is 5.75 Å². The molecule has 0 fully saturated rings. The van der Waals surface area contributed by atoms with Crippen LogP contribution in [0.1, 0.15) is 44.4 Å². The second-order valence-electron chi connectivity index (χ2n) is 5.40. The van der Waals surface area contributed by atoms with Gasteiger partial charge in [0.05, 0.1) is 13.5 Å². The first-order valence-corrected chi connectivity index (χ1v) is 6.99. The van der Waals surface area contributed by atoms with Crippen LogP contribution in [0.3, 0.4) is 0 Å². The second-order valence-corrected chi connectivity index (χ2v) is 5.40. The molecule has 1 N–H and O–H groups in total. The van der Waals surface area contributed by atoms with E-state index >= 15 is 0 Å². The molecular formula is C16H25NO3. The Bertz CT molecular complexity index is 457. The van der Waals surface area contributed by atoms with Gasteiger partial charge in [0, 0.05) is 24.2 Å². The van der Waals surface area contributed by atoms with E-state index in [1.807, 2.05) is 19.1 Å². The van der Waals surface area contributed by atoms with Gasteiger partial charge in [-0.05, 0) is 33.8 Å². The minimum Gasteiger partial charge on any atom is -0.496 e. The van der Waals surface area contributed by atoms with Crippen LogP contribution in [0, 0.1) is 6.92 Å². The second kappa shape index (κ2) is 7.29. The van der Waals surface area contributed by atoms with Gasteiger partial charge in [-0.3, -0.25) is 9.69 Å². The van der Waals surface area contributed by atoms with Crippen molar-refractivity contribution >= 4 is 5.97 Å². The third-order valence-corrected chi connectivity index (χ3v) is 3.58. The molecule has 0 aliphatic carbocycles. The summed E-state index contributed by atoms with van der Waals surface area (Å²) in [6.45, 7) is 8.85. The highest BCUT2D eigenvalue weighted by Crippen LogP contribution is 2.31. The van der Waals surface area contributed by atoms with Gasteiger partial charge in [0.1, 0.15) is 5.75 Å². The molecule has 0 aromatic heterocycles. The molecule has 1 aromatic carbocycles. The molecule has 1 unspecified atom stereocenters. The van der Waals surface area contributed by atoms with Crippen molar-refractivity contribution in [1.29, 1.82) is 0 Å². The molecule has 0 radical (unpaired) electrons. The highest BCUT2D eigenvalue weighted by Gasteiger charge is 2.22. The Morgan fingerprint density at radius 3 is 2.50 bits per heavy atom. The molecule has 4 nitrogen and oxygen atoms in total. The summed E-state index contributed by atoms with van der Waals surface area (Å²) in [5, 5.41) is 8.89. The number of aryl methyl sites for hydroxylation is 1. The predicted octanol–water partition coefficient (Wildman–Crippen LogP) is 3.25. The fourth-order valence-electron chi connectivity index (χ4n) is 2.48. The number of rotatable bonds is 7. The van der Waals surface area contributed by atoms with Gasteiger partial charge in [-0.25, -0.2) is 0 Å². The van der Waals surface area contributed by atoms with E-state index in [0.29, 0.717) is 6.54 Å². The fraction of sp³-hybridized carbons (Fsp3) is 0.562. The van der Waals surface area contributed by atoms with Crippen LogP contribution in [0.4, 0.5) is 0 Å². The molecule has 0 saturated heterocycles. The van der Waals surface area contributed by atoms with E-state index in [1.54, 1.807) is 7.11 Å². The Labute approximate surface area is 121 Å². The zero-order valence-electron chi connectivity index (χ0n) is 13.0. The average molecular weight is 279 g/mol. The van der Waals surface area contributed by atoms with E-state index in [9.17, 15) is 4.79 Å². The highest BCUT2D eigenvalue weighted by atomic mass is 16.5. The number of benzene rings is 1. The monoisotopic (exact) mass is 279 g/mol. The third kappa shape index (κ3) is 4.23. The van der Waals surface area contributed by atoms with Crippen molar-refractivity contribution in [1.82, 2.24) is 4.90 Å². The lowest BCUT2D eigenvalue weighted by atomic mass is 10.0. The number of ether oxygens (including phenoxy) is 1. The number of methoxy groups -OCH3 is 1. The molecular weight excluding hydrogens is 254 g/mol. The van der Waals surface area contributed by atoms with Gasteiger partial charge in [-0.2, -0.15) is 0 Å². The van der Waals surface area contributed by atoms with Gasteiger partial charge in [-0.15, -0.1) is 0 Å². The molecule has 20 heavy (non-hydrogen) atoms. The maximum atomic E-state index is 10.8. The maximum absolute atomic E-state index is 10.8. The predicted molar refractivity (Wildman–Crippen MR) is 80.2 cm³/mol. The molecule has 4 heteroatoms. The lowest BCUT2D eigenvalue weighted by molar-refractivity contribution is -0.137. The SMILES string of the molecule is COc1ccc(C)cc1C(C)N(CCC(=O)O)C(C)C. The summed E-state index contributed by atoms with van der Waals surface area (Å²) in [5.74, 6) is 0.0862. The normalized spacial score (nSPS) is 12.8. The number of hydrogen-bond donors (Lipinski definition) is 1. The smallest absolute Gasteiger partial charge is 0.304 e. The molecule has 0 bridgehead atoms. The fourth-order valence-corrected chi connectivity index (χ4v) is 2.48. The number of aliphatic carboxylic acids is 1. The molecule has 1 rings (SSSR count). The standard InChI is InChI=1S/C16H25NO3/c1-11(2)17(9-8-16(18)19)13(4)14-10-12(3)6-7-15(14)20-5/h6-7,10-11,13H,8-9H2,1-5H3,(H,18,19). The van der Waals surface area contributed by atoms with Gasteiger partial charge in [0.2, 0.25) is 0 Å². The molecule has 1 atom stereocenters. The van der Waals surface area contributed by atoms with E-state index in [4.69, 9.17) is 9.84 Å². The summed E-state index contributed by atoms with van der Waals surface area (Å²) in [5.41, 5.74) is 2.28. The third-order valence-electron chi connectivity index (χ3n) is 3.58. The first-order chi connectivity index (χ1) is 9.36. The molecule has 0 aliphatic heterocycles. The van der Waals surface area contributed by atoms with Crippen molar-refractivity contribution in [3.63, 3.8) is 0 Å². The van der Waals surface area contributed by atoms with Crippen molar-refractivity contribution in [3.8, 4) is 5.75 Å². The summed E-state index contributed by atoms with van der Waals surface area (Å²) in [4.78, 5) is 13.0. The number of carbonyl (C=O) groups is 1. The topological polar surface area (TPSA) is 49.8 Å². The number of hydrogen-bond acceptors (Lipinski definition) is 3. The van der Waals surface area contributed by atoms with Gasteiger partial charge < -0.3 is 9.84 Å². The Balaban J connectivity index is 3.02. The lowest BCUT2D eigenvalue weighted by Crippen LogP contribution is -2.35. The zero-order chi connectivity index (χ0) is 15.3. The molecule has 0 heterocycles. The van der Waals surface area contributed by atoms with Crippen molar-refractivity contribution in [2.24, 2.45) is 0 Å². The minimum atomic E-state index is -0.765. The van der Waals surface area contributed by atoms with Crippen LogP contribution in [-0.4, -0.2) is 35.7 Å². The van der Waals surface area contributed by atoms with E-state index in [2.05, 4.69) is 31.7 Å². The lowest BCUT2D eigenvalue weighted by Gasteiger charge is -2.33. The van der Waals surface area contributed by atoms with E-state index < -0.39 is 5.97 Å². The molecule has 0 amide bonds. The molecule has 0 spiro atoms. The molecule has 0 aliphatic rings. The Kier molecular flexibility index (Phi) is 6.02. The maximum Gasteiger partial charge on any atom is 0.304 e. The van der Waals surface area contributed by atoms with Crippen molar-refractivity contribution in [2.75, 3.05) is 13.7 Å². The van der Waals surface area contributed by atoms with E-state index in [1.165, 1.54) is 5.56 Å². The first kappa shape index (κ1) is 16.5. The molecule has 1 aromatic rings. The van der Waals surface area contributed by atoms with Gasteiger partial charge in [0.15, 0.2) is 0 Å². The zero-order valence-corrected chi connectivity index (χ0v) is 13.0. The van der Waals surface area contributed by atoms with Crippen LogP contribution in [-0.2, 0) is 4.79 Å². The summed E-state index contributed by atoms with van der Waals surface area (Å²) in [7, 11) is 1.66. The van der Waals surface area contributed by atoms with Gasteiger partial charge in [0.25, 0.3) is 0 Å². The van der Waals surface area contributed by atoms with Crippen LogP contribution >= 0.6 is 0 Å². The Hall–Kier alpha value is -1.55. The van der Waals surface area contributed by atoms with Crippen LogP contribution in [0.15, 0.2) is 18.2 Å². The van der Waals surface area contributed by atoms with Gasteiger partial charge >= 0.3 is 5.97 Å². The summed E-state index contributed by atoms with van der Waals surface area (Å²) >= 11 is 0. The van der Waals surface area contributed by atoms with E-state index in [-0.39, 0.29) is 18.5 Å². The number of carboxylic acids is 1. The summed E-state index contributed by atoms with van der Waals surface area (Å²) in [6.07, 6.45) is 0.149. The molecule has 0 saturated carbocycles. The summed E-state index contributed by atoms with van der Waals surface area (Å²) in [6, 6.07) is 6.49. The van der Waals surface area contributed by atoms with Crippen molar-refractivity contribution in [2.45, 2.75) is 46.2 Å². The van der Waals surface area contributed by atoms with Gasteiger partial charge in [-0.1, -0.05) is 17.7 Å². The minimum absolute atomic E-state index is 0.115. The summed E-state index contributed by atoms with van der Waals surface area (Å²) < 4.78 is 5.43. The first-order valence-electron chi connectivity index (χ1n) is 6.99. The van der Waals surface area contributed by atoms with Crippen LogP contribution < -0.4 is 4.74 Å². The largest absolute Gasteiger partial charge is 0.496 e. The van der Waals surface area contributed by atoms with Crippen LogP contribution in [0.2, 0.25) is 0 Å². The van der Waals surface area contributed by atoms with Crippen molar-refractivity contribution < 1.29 is 14.6 Å². The Morgan fingerprint density at radius 1 is 1.35 bits per heavy atom. The average Bonchev–Trinajstić information content (AvgIpc) is 2.37. The highest BCUT2D eigenvalue weighted by molar-refractivity contribution is 5.66. The van der Waals surface area contributed by atoms with Crippen LogP contribution in [0.25, 0.3) is 0 Å². The molecule has 112 valence electrons. The van der Waals surface area contributed by atoms with Crippen molar-refractivity contribution in [3.05, 3.63) is 29.3 Å². The van der Waals surface area contributed by atoms with E-state index in [0.717, 1.165) is 11.3 Å². The number of carboxylic acid groups (broad SMARTS) is 1. The number of nitrogens with zero attached hydrogens (tertiary/aromatic N) is 1. The Morgan fingerprint density at radius 2 is 2.00 bits per heavy atom. The quantitative estimate of drug-likeness (QED) is 0.832.